The van der Waals surface area contributed by atoms with Crippen molar-refractivity contribution >= 4 is 5.97 Å². The Bertz CT molecular complexity index is 206. The summed E-state index contributed by atoms with van der Waals surface area (Å²) in [6.45, 7) is 0.782. The normalized spacial score (nSPS) is 38.0. The molecule has 0 amide bonds. The molecule has 6 nitrogen and oxygen atoms in total. The number of aliphatic hydroxyl groups excluding tert-OH is 3. The highest BCUT2D eigenvalue weighted by atomic mass is 16.7. The number of hydrogen-bond donors (Lipinski definition) is 3. The fourth-order valence-electron chi connectivity index (χ4n) is 1.33. The molecule has 6 heteroatoms. The van der Waals surface area contributed by atoms with Crippen molar-refractivity contribution in [3.05, 3.63) is 0 Å². The number of carbonyl (C=O) groups is 1. The molecule has 4 atom stereocenters. The topological polar surface area (TPSA) is 96.2 Å². The lowest BCUT2D eigenvalue weighted by molar-refractivity contribution is -0.250. The Kier molecular flexibility index (Phi) is 3.82. The van der Waals surface area contributed by atoms with E-state index >= 15 is 0 Å². The number of aliphatic hydroxyl groups is 3. The van der Waals surface area contributed by atoms with Crippen LogP contribution in [0.3, 0.4) is 0 Å². The lowest BCUT2D eigenvalue weighted by Gasteiger charge is -2.35. The van der Waals surface area contributed by atoms with Crippen molar-refractivity contribution in [3.63, 3.8) is 0 Å². The Labute approximate surface area is 81.1 Å². The van der Waals surface area contributed by atoms with Crippen LogP contribution in [-0.2, 0) is 14.3 Å². The Balaban J connectivity index is 2.53. The summed E-state index contributed by atoms with van der Waals surface area (Å²) < 4.78 is 9.72. The van der Waals surface area contributed by atoms with Gasteiger partial charge in [0.2, 0.25) is 6.29 Å². The molecule has 0 unspecified atom stereocenters. The van der Waals surface area contributed by atoms with Gasteiger partial charge in [0.05, 0.1) is 12.7 Å². The van der Waals surface area contributed by atoms with Gasteiger partial charge in [0, 0.05) is 13.3 Å². The van der Waals surface area contributed by atoms with E-state index in [1.165, 1.54) is 6.92 Å². The maximum absolute atomic E-state index is 10.6. The lowest BCUT2D eigenvalue weighted by Crippen LogP contribution is -2.50. The summed E-state index contributed by atoms with van der Waals surface area (Å²) in [5, 5.41) is 27.4. The molecule has 0 bridgehead atoms. The van der Waals surface area contributed by atoms with E-state index in [1.807, 2.05) is 0 Å². The van der Waals surface area contributed by atoms with Crippen LogP contribution in [0.2, 0.25) is 0 Å². The van der Waals surface area contributed by atoms with Crippen molar-refractivity contribution in [2.24, 2.45) is 0 Å². The first kappa shape index (κ1) is 11.4. The molecule has 0 aliphatic carbocycles. The van der Waals surface area contributed by atoms with Crippen molar-refractivity contribution in [3.8, 4) is 0 Å². The summed E-state index contributed by atoms with van der Waals surface area (Å²) in [4.78, 5) is 10.6. The number of rotatable bonds is 2. The van der Waals surface area contributed by atoms with Crippen LogP contribution in [-0.4, -0.2) is 52.5 Å². The second-order valence-electron chi connectivity index (χ2n) is 3.19. The zero-order chi connectivity index (χ0) is 10.7. The molecule has 3 N–H and O–H groups in total. The van der Waals surface area contributed by atoms with Gasteiger partial charge in [-0.1, -0.05) is 0 Å². The second-order valence-corrected chi connectivity index (χ2v) is 3.19. The molecule has 82 valence electrons. The number of esters is 1. The van der Waals surface area contributed by atoms with E-state index in [4.69, 9.17) is 14.6 Å². The second kappa shape index (κ2) is 4.70. The molecule has 0 aromatic heterocycles. The van der Waals surface area contributed by atoms with Gasteiger partial charge in [-0.2, -0.15) is 0 Å². The van der Waals surface area contributed by atoms with Crippen molar-refractivity contribution < 1.29 is 29.6 Å². The van der Waals surface area contributed by atoms with Gasteiger partial charge in [-0.3, -0.25) is 4.79 Å². The van der Waals surface area contributed by atoms with E-state index in [1.54, 1.807) is 0 Å². The first-order chi connectivity index (χ1) is 6.54. The predicted molar refractivity (Wildman–Crippen MR) is 44.1 cm³/mol. The van der Waals surface area contributed by atoms with Gasteiger partial charge < -0.3 is 24.8 Å². The fraction of sp³-hybridized carbons (Fsp3) is 0.875. The molecular formula is C8H14O6. The minimum Gasteiger partial charge on any atom is -0.436 e. The Morgan fingerprint density at radius 1 is 1.57 bits per heavy atom. The SMILES string of the molecule is CC(=O)O[C@@H]1C[C@@H](O)[C@H](O)[C@@H](CO)O1. The molecule has 1 saturated heterocycles. The van der Waals surface area contributed by atoms with Crippen molar-refractivity contribution in [2.75, 3.05) is 6.61 Å². The van der Waals surface area contributed by atoms with Gasteiger partial charge in [-0.25, -0.2) is 0 Å². The molecule has 0 aromatic rings. The van der Waals surface area contributed by atoms with Gasteiger partial charge >= 0.3 is 5.97 Å². The Morgan fingerprint density at radius 2 is 2.21 bits per heavy atom. The minimum absolute atomic E-state index is 0.0112. The highest BCUT2D eigenvalue weighted by Gasteiger charge is 2.37. The zero-order valence-corrected chi connectivity index (χ0v) is 7.79. The minimum atomic E-state index is -1.15. The van der Waals surface area contributed by atoms with E-state index < -0.39 is 37.2 Å². The summed E-state index contributed by atoms with van der Waals surface area (Å²) in [7, 11) is 0. The number of carbonyl (C=O) groups excluding carboxylic acids is 1. The molecule has 1 fully saturated rings. The standard InChI is InChI=1S/C8H14O6/c1-4(10)13-7-2-5(11)8(12)6(3-9)14-7/h5-9,11-12H,2-3H2,1H3/t5-,6-,7+,8+/m1/s1. The van der Waals surface area contributed by atoms with Crippen LogP contribution in [0, 0.1) is 0 Å². The molecule has 0 spiro atoms. The van der Waals surface area contributed by atoms with Gasteiger partial charge in [0.25, 0.3) is 0 Å². The predicted octanol–water partition coefficient (Wildman–Crippen LogP) is -1.62. The largest absolute Gasteiger partial charge is 0.436 e. The first-order valence-electron chi connectivity index (χ1n) is 4.34. The summed E-state index contributed by atoms with van der Waals surface area (Å²) in [6.07, 6.45) is -4.00. The summed E-state index contributed by atoms with van der Waals surface area (Å²) in [5.41, 5.74) is 0. The Hall–Kier alpha value is -0.690. The van der Waals surface area contributed by atoms with E-state index in [0.717, 1.165) is 0 Å². The number of hydrogen-bond acceptors (Lipinski definition) is 6. The highest BCUT2D eigenvalue weighted by Crippen LogP contribution is 2.20. The summed E-state index contributed by atoms with van der Waals surface area (Å²) in [6, 6.07) is 0. The molecule has 0 aromatic carbocycles. The third kappa shape index (κ3) is 2.65. The fourth-order valence-corrected chi connectivity index (χ4v) is 1.33. The van der Waals surface area contributed by atoms with Gasteiger partial charge in [0.1, 0.15) is 12.2 Å². The van der Waals surface area contributed by atoms with Crippen molar-refractivity contribution in [2.45, 2.75) is 37.9 Å². The summed E-state index contributed by atoms with van der Waals surface area (Å²) >= 11 is 0. The van der Waals surface area contributed by atoms with Crippen LogP contribution in [0.5, 0.6) is 0 Å². The highest BCUT2D eigenvalue weighted by molar-refractivity contribution is 5.66. The zero-order valence-electron chi connectivity index (χ0n) is 7.79. The molecule has 0 radical (unpaired) electrons. The molecular weight excluding hydrogens is 192 g/mol. The maximum Gasteiger partial charge on any atom is 0.304 e. The third-order valence-electron chi connectivity index (χ3n) is 2.01. The van der Waals surface area contributed by atoms with Gasteiger partial charge in [-0.15, -0.1) is 0 Å². The maximum atomic E-state index is 10.6. The average molecular weight is 206 g/mol. The van der Waals surface area contributed by atoms with E-state index in [0.29, 0.717) is 0 Å². The van der Waals surface area contributed by atoms with Crippen molar-refractivity contribution in [1.82, 2.24) is 0 Å². The first-order valence-corrected chi connectivity index (χ1v) is 4.34. The van der Waals surface area contributed by atoms with Crippen LogP contribution >= 0.6 is 0 Å². The smallest absolute Gasteiger partial charge is 0.304 e. The van der Waals surface area contributed by atoms with E-state index in [9.17, 15) is 15.0 Å². The third-order valence-corrected chi connectivity index (χ3v) is 2.01. The average Bonchev–Trinajstić information content (AvgIpc) is 2.10. The Morgan fingerprint density at radius 3 is 2.71 bits per heavy atom. The lowest BCUT2D eigenvalue weighted by atomic mass is 10.0. The molecule has 14 heavy (non-hydrogen) atoms. The summed E-state index contributed by atoms with van der Waals surface area (Å²) in [5.74, 6) is -0.532. The molecule has 0 saturated carbocycles. The van der Waals surface area contributed by atoms with Crippen LogP contribution < -0.4 is 0 Å². The monoisotopic (exact) mass is 206 g/mol. The van der Waals surface area contributed by atoms with Crippen molar-refractivity contribution in [1.29, 1.82) is 0 Å². The van der Waals surface area contributed by atoms with Crippen LogP contribution in [0.25, 0.3) is 0 Å². The van der Waals surface area contributed by atoms with E-state index in [2.05, 4.69) is 0 Å². The molecule has 1 aliphatic rings. The van der Waals surface area contributed by atoms with Crippen LogP contribution in [0.1, 0.15) is 13.3 Å². The van der Waals surface area contributed by atoms with E-state index in [-0.39, 0.29) is 6.42 Å². The molecule has 1 heterocycles. The molecule has 1 rings (SSSR count). The quantitative estimate of drug-likeness (QED) is 0.470. The van der Waals surface area contributed by atoms with Gasteiger partial charge in [-0.05, 0) is 0 Å². The van der Waals surface area contributed by atoms with Gasteiger partial charge in [0.15, 0.2) is 0 Å². The van der Waals surface area contributed by atoms with Crippen LogP contribution in [0.4, 0.5) is 0 Å². The number of ether oxygens (including phenoxy) is 2. The molecule has 1 aliphatic heterocycles. The van der Waals surface area contributed by atoms with Crippen LogP contribution in [0.15, 0.2) is 0 Å².